The number of carbonyl (C=O) groups excluding carboxylic acids is 1. The Kier molecular flexibility index (Phi) is 8.00. The number of hydrogen-bond acceptors (Lipinski definition) is 2. The largest absolute Gasteiger partial charge is 0.352 e. The summed E-state index contributed by atoms with van der Waals surface area (Å²) in [5, 5.41) is 4.67. The highest BCUT2D eigenvalue weighted by Gasteiger charge is 2.00. The Morgan fingerprint density at radius 3 is 2.46 bits per heavy atom. The van der Waals surface area contributed by atoms with Gasteiger partial charge in [-0.3, -0.25) is 4.79 Å². The molecule has 2 aromatic carbocycles. The molecule has 0 saturated heterocycles. The molecule has 126 valence electrons. The maximum Gasteiger partial charge on any atom is 0.244 e. The van der Waals surface area contributed by atoms with E-state index in [4.69, 9.17) is 34.8 Å². The van der Waals surface area contributed by atoms with Crippen LogP contribution >= 0.6 is 46.6 Å². The standard InChI is InChI=1S/C18H16Cl3NOS/c19-15-5-1-13(2-6-15)12-24-10-9-22-18(23)8-4-14-3-7-16(20)11-17(14)21/h1-8,11H,9-10,12H2,(H,22,23)/b8-4+. The molecule has 1 amide bonds. The minimum Gasteiger partial charge on any atom is -0.352 e. The van der Waals surface area contributed by atoms with E-state index < -0.39 is 0 Å². The predicted molar refractivity (Wildman–Crippen MR) is 106 cm³/mol. The molecule has 0 saturated carbocycles. The van der Waals surface area contributed by atoms with Gasteiger partial charge in [0.15, 0.2) is 0 Å². The highest BCUT2D eigenvalue weighted by Crippen LogP contribution is 2.21. The van der Waals surface area contributed by atoms with Gasteiger partial charge < -0.3 is 5.32 Å². The lowest BCUT2D eigenvalue weighted by Gasteiger charge is -2.04. The summed E-state index contributed by atoms with van der Waals surface area (Å²) in [5.41, 5.74) is 1.97. The summed E-state index contributed by atoms with van der Waals surface area (Å²) in [6.07, 6.45) is 3.15. The third kappa shape index (κ3) is 6.78. The SMILES string of the molecule is O=C(/C=C/c1ccc(Cl)cc1Cl)NCCSCc1ccc(Cl)cc1. The Bertz CT molecular complexity index is 717. The second kappa shape index (κ2) is 10.00. The first kappa shape index (κ1) is 19.2. The summed E-state index contributed by atoms with van der Waals surface area (Å²) in [7, 11) is 0. The van der Waals surface area contributed by atoms with Crippen molar-refractivity contribution in [3.05, 3.63) is 74.7 Å². The second-order valence-electron chi connectivity index (χ2n) is 4.97. The van der Waals surface area contributed by atoms with E-state index in [9.17, 15) is 4.79 Å². The molecular formula is C18H16Cl3NOS. The predicted octanol–water partition coefficient (Wildman–Crippen LogP) is 5.71. The topological polar surface area (TPSA) is 29.1 Å². The Hall–Kier alpha value is -1.13. The monoisotopic (exact) mass is 399 g/mol. The van der Waals surface area contributed by atoms with Crippen molar-refractivity contribution in [1.82, 2.24) is 5.32 Å². The Labute approximate surface area is 161 Å². The molecule has 0 atom stereocenters. The van der Waals surface area contributed by atoms with Crippen LogP contribution in [0.15, 0.2) is 48.5 Å². The number of amides is 1. The lowest BCUT2D eigenvalue weighted by Crippen LogP contribution is -2.23. The molecule has 2 rings (SSSR count). The van der Waals surface area contributed by atoms with Crippen molar-refractivity contribution >= 4 is 58.5 Å². The molecule has 24 heavy (non-hydrogen) atoms. The van der Waals surface area contributed by atoms with Crippen molar-refractivity contribution in [2.45, 2.75) is 5.75 Å². The molecule has 0 fully saturated rings. The van der Waals surface area contributed by atoms with Crippen molar-refractivity contribution in [3.63, 3.8) is 0 Å². The van der Waals surface area contributed by atoms with Crippen LogP contribution in [0.4, 0.5) is 0 Å². The third-order valence-electron chi connectivity index (χ3n) is 3.10. The fourth-order valence-corrected chi connectivity index (χ4v) is 3.29. The van der Waals surface area contributed by atoms with Gasteiger partial charge in [0.2, 0.25) is 5.91 Å². The minimum atomic E-state index is -0.145. The molecule has 0 spiro atoms. The molecule has 1 N–H and O–H groups in total. The second-order valence-corrected chi connectivity index (χ2v) is 7.35. The van der Waals surface area contributed by atoms with E-state index in [-0.39, 0.29) is 5.91 Å². The summed E-state index contributed by atoms with van der Waals surface area (Å²) in [4.78, 5) is 11.8. The summed E-state index contributed by atoms with van der Waals surface area (Å²) in [5.74, 6) is 1.58. The van der Waals surface area contributed by atoms with Crippen molar-refractivity contribution in [2.75, 3.05) is 12.3 Å². The molecule has 0 aliphatic rings. The molecule has 2 aromatic rings. The fourth-order valence-electron chi connectivity index (χ4n) is 1.88. The van der Waals surface area contributed by atoms with Crippen LogP contribution in [0, 0.1) is 0 Å². The van der Waals surface area contributed by atoms with E-state index in [0.717, 1.165) is 22.1 Å². The van der Waals surface area contributed by atoms with Gasteiger partial charge in [-0.05, 0) is 41.5 Å². The van der Waals surface area contributed by atoms with Crippen LogP contribution in [-0.4, -0.2) is 18.2 Å². The van der Waals surface area contributed by atoms with E-state index in [2.05, 4.69) is 5.32 Å². The quantitative estimate of drug-likeness (QED) is 0.476. The maximum atomic E-state index is 11.8. The average Bonchev–Trinajstić information content (AvgIpc) is 2.55. The minimum absolute atomic E-state index is 0.145. The Morgan fingerprint density at radius 1 is 1.04 bits per heavy atom. The van der Waals surface area contributed by atoms with E-state index in [1.165, 1.54) is 11.6 Å². The van der Waals surface area contributed by atoms with Crippen molar-refractivity contribution in [1.29, 1.82) is 0 Å². The molecule has 0 aliphatic heterocycles. The number of halogens is 3. The van der Waals surface area contributed by atoms with Crippen LogP contribution in [0.1, 0.15) is 11.1 Å². The van der Waals surface area contributed by atoms with Gasteiger partial charge >= 0.3 is 0 Å². The first-order valence-corrected chi connectivity index (χ1v) is 9.56. The van der Waals surface area contributed by atoms with Crippen LogP contribution in [-0.2, 0) is 10.5 Å². The lowest BCUT2D eigenvalue weighted by atomic mass is 10.2. The summed E-state index contributed by atoms with van der Waals surface area (Å²) in [6.45, 7) is 0.607. The van der Waals surface area contributed by atoms with Gasteiger partial charge in [-0.2, -0.15) is 11.8 Å². The molecule has 2 nitrogen and oxygen atoms in total. The number of nitrogens with one attached hydrogen (secondary N) is 1. The van der Waals surface area contributed by atoms with E-state index in [1.807, 2.05) is 24.3 Å². The molecular weight excluding hydrogens is 385 g/mol. The Morgan fingerprint density at radius 2 is 1.75 bits per heavy atom. The van der Waals surface area contributed by atoms with Crippen molar-refractivity contribution in [2.24, 2.45) is 0 Å². The van der Waals surface area contributed by atoms with Crippen molar-refractivity contribution < 1.29 is 4.79 Å². The van der Waals surface area contributed by atoms with Crippen molar-refractivity contribution in [3.8, 4) is 0 Å². The van der Waals surface area contributed by atoms with E-state index in [1.54, 1.807) is 36.0 Å². The molecule has 6 heteroatoms. The lowest BCUT2D eigenvalue weighted by molar-refractivity contribution is -0.116. The van der Waals surface area contributed by atoms with Crippen LogP contribution in [0.5, 0.6) is 0 Å². The van der Waals surface area contributed by atoms with Crippen LogP contribution in [0.3, 0.4) is 0 Å². The van der Waals surface area contributed by atoms with Gasteiger partial charge in [-0.15, -0.1) is 0 Å². The highest BCUT2D eigenvalue weighted by atomic mass is 35.5. The van der Waals surface area contributed by atoms with Gasteiger partial charge in [0, 0.05) is 39.2 Å². The van der Waals surface area contributed by atoms with Gasteiger partial charge in [0.05, 0.1) is 0 Å². The highest BCUT2D eigenvalue weighted by molar-refractivity contribution is 7.98. The smallest absolute Gasteiger partial charge is 0.244 e. The fraction of sp³-hybridized carbons (Fsp3) is 0.167. The van der Waals surface area contributed by atoms with E-state index >= 15 is 0 Å². The zero-order valence-corrected chi connectivity index (χ0v) is 15.9. The number of rotatable bonds is 7. The van der Waals surface area contributed by atoms with Gasteiger partial charge in [0.1, 0.15) is 0 Å². The first-order chi connectivity index (χ1) is 11.5. The van der Waals surface area contributed by atoms with Gasteiger partial charge in [-0.1, -0.05) is 53.0 Å². The Balaban J connectivity index is 1.67. The maximum absolute atomic E-state index is 11.8. The van der Waals surface area contributed by atoms with Gasteiger partial charge in [-0.25, -0.2) is 0 Å². The number of thioether (sulfide) groups is 1. The zero-order chi connectivity index (χ0) is 17.4. The van der Waals surface area contributed by atoms with Crippen LogP contribution in [0.2, 0.25) is 15.1 Å². The normalized spacial score (nSPS) is 11.0. The average molecular weight is 401 g/mol. The number of hydrogen-bond donors (Lipinski definition) is 1. The molecule has 0 aromatic heterocycles. The summed E-state index contributed by atoms with van der Waals surface area (Å²) in [6, 6.07) is 12.9. The first-order valence-electron chi connectivity index (χ1n) is 7.28. The molecule has 0 unspecified atom stereocenters. The summed E-state index contributed by atoms with van der Waals surface area (Å²) >= 11 is 19.5. The van der Waals surface area contributed by atoms with Crippen LogP contribution < -0.4 is 5.32 Å². The molecule has 0 aliphatic carbocycles. The van der Waals surface area contributed by atoms with E-state index in [0.29, 0.717) is 16.6 Å². The number of benzene rings is 2. The molecule has 0 radical (unpaired) electrons. The van der Waals surface area contributed by atoms with Crippen LogP contribution in [0.25, 0.3) is 6.08 Å². The zero-order valence-electron chi connectivity index (χ0n) is 12.8. The third-order valence-corrected chi connectivity index (χ3v) is 4.95. The molecule has 0 bridgehead atoms. The summed E-state index contributed by atoms with van der Waals surface area (Å²) < 4.78 is 0. The molecule has 0 heterocycles. The number of carbonyl (C=O) groups is 1. The van der Waals surface area contributed by atoms with Gasteiger partial charge in [0.25, 0.3) is 0 Å².